The molecule has 1 unspecified atom stereocenters. The summed E-state index contributed by atoms with van der Waals surface area (Å²) in [6.07, 6.45) is 5.14. The molecule has 4 rings (SSSR count). The van der Waals surface area contributed by atoms with Crippen LogP contribution in [-0.2, 0) is 13.0 Å². The van der Waals surface area contributed by atoms with E-state index in [9.17, 15) is 9.18 Å². The third kappa shape index (κ3) is 3.18. The van der Waals surface area contributed by atoms with Crippen LogP contribution in [0.15, 0.2) is 30.5 Å². The van der Waals surface area contributed by atoms with Crippen molar-refractivity contribution in [2.45, 2.75) is 44.2 Å². The van der Waals surface area contributed by atoms with Crippen LogP contribution in [0.2, 0.25) is 0 Å². The minimum absolute atomic E-state index is 0.0255. The van der Waals surface area contributed by atoms with Gasteiger partial charge in [0, 0.05) is 38.3 Å². The largest absolute Gasteiger partial charge is 0.337 e. The molecule has 6 heteroatoms. The summed E-state index contributed by atoms with van der Waals surface area (Å²) in [4.78, 5) is 19.1. The maximum Gasteiger partial charge on any atom is 0.274 e. The number of nitrogens with two attached hydrogens (primary N) is 1. The summed E-state index contributed by atoms with van der Waals surface area (Å²) in [5.41, 5.74) is 7.26. The summed E-state index contributed by atoms with van der Waals surface area (Å²) in [6.45, 7) is 2.00. The highest BCUT2D eigenvalue weighted by Crippen LogP contribution is 2.30. The van der Waals surface area contributed by atoms with Gasteiger partial charge < -0.3 is 15.2 Å². The first-order valence-electron chi connectivity index (χ1n) is 8.97. The SMILES string of the molecule is NC1CCc2nc(C(=O)N3CCC(c4ccccc4F)CC3)cn2C1. The van der Waals surface area contributed by atoms with Crippen molar-refractivity contribution in [1.82, 2.24) is 14.5 Å². The normalized spacial score (nSPS) is 21.2. The number of rotatable bonds is 2. The lowest BCUT2D eigenvalue weighted by atomic mass is 9.89. The third-order valence-electron chi connectivity index (χ3n) is 5.38. The Kier molecular flexibility index (Phi) is 4.29. The Hall–Kier alpha value is -2.21. The third-order valence-corrected chi connectivity index (χ3v) is 5.38. The van der Waals surface area contributed by atoms with Crippen molar-refractivity contribution in [2.75, 3.05) is 13.1 Å². The van der Waals surface area contributed by atoms with Crippen LogP contribution >= 0.6 is 0 Å². The Morgan fingerprint density at radius 3 is 2.72 bits per heavy atom. The minimum atomic E-state index is -0.148. The molecule has 1 amide bonds. The first-order chi connectivity index (χ1) is 12.1. The minimum Gasteiger partial charge on any atom is -0.337 e. The van der Waals surface area contributed by atoms with Crippen LogP contribution in [-0.4, -0.2) is 39.5 Å². The molecular formula is C19H23FN4O. The highest BCUT2D eigenvalue weighted by Gasteiger charge is 2.28. The number of imidazole rings is 1. The van der Waals surface area contributed by atoms with Crippen LogP contribution < -0.4 is 5.73 Å². The average molecular weight is 342 g/mol. The van der Waals surface area contributed by atoms with Crippen LogP contribution in [0.25, 0.3) is 0 Å². The first kappa shape index (κ1) is 16.3. The summed E-state index contributed by atoms with van der Waals surface area (Å²) in [7, 11) is 0. The fraction of sp³-hybridized carbons (Fsp3) is 0.474. The van der Waals surface area contributed by atoms with Crippen LogP contribution in [0.3, 0.4) is 0 Å². The van der Waals surface area contributed by atoms with Gasteiger partial charge in [0.05, 0.1) is 0 Å². The van der Waals surface area contributed by atoms with E-state index in [1.807, 2.05) is 27.8 Å². The maximum atomic E-state index is 14.0. The van der Waals surface area contributed by atoms with Crippen molar-refractivity contribution in [3.05, 3.63) is 53.4 Å². The number of hydrogen-bond acceptors (Lipinski definition) is 3. The van der Waals surface area contributed by atoms with Gasteiger partial charge >= 0.3 is 0 Å². The van der Waals surface area contributed by atoms with Gasteiger partial charge in [-0.25, -0.2) is 9.37 Å². The van der Waals surface area contributed by atoms with E-state index in [1.54, 1.807) is 6.07 Å². The molecule has 1 atom stereocenters. The maximum absolute atomic E-state index is 14.0. The summed E-state index contributed by atoms with van der Waals surface area (Å²) in [6, 6.07) is 7.08. The van der Waals surface area contributed by atoms with Crippen molar-refractivity contribution in [2.24, 2.45) is 5.73 Å². The van der Waals surface area contributed by atoms with E-state index in [2.05, 4.69) is 4.98 Å². The number of piperidine rings is 1. The second-order valence-electron chi connectivity index (χ2n) is 7.08. The fourth-order valence-corrected chi connectivity index (χ4v) is 3.94. The van der Waals surface area contributed by atoms with Gasteiger partial charge in [0.15, 0.2) is 0 Å². The first-order valence-corrected chi connectivity index (χ1v) is 8.97. The van der Waals surface area contributed by atoms with Gasteiger partial charge in [0.2, 0.25) is 0 Å². The van der Waals surface area contributed by atoms with Gasteiger partial charge in [-0.15, -0.1) is 0 Å². The predicted octanol–water partition coefficient (Wildman–Crippen LogP) is 2.32. The number of benzene rings is 1. The molecule has 25 heavy (non-hydrogen) atoms. The number of hydrogen-bond donors (Lipinski definition) is 1. The quantitative estimate of drug-likeness (QED) is 0.911. The van der Waals surface area contributed by atoms with E-state index in [0.717, 1.165) is 43.6 Å². The number of carbonyl (C=O) groups is 1. The number of carbonyl (C=O) groups excluding carboxylic acids is 1. The van der Waals surface area contributed by atoms with Crippen molar-refractivity contribution in [1.29, 1.82) is 0 Å². The number of aromatic nitrogens is 2. The number of fused-ring (bicyclic) bond motifs is 1. The van der Waals surface area contributed by atoms with Crippen molar-refractivity contribution in [3.8, 4) is 0 Å². The lowest BCUT2D eigenvalue weighted by Gasteiger charge is -2.32. The van der Waals surface area contributed by atoms with Crippen LogP contribution in [0.4, 0.5) is 4.39 Å². The smallest absolute Gasteiger partial charge is 0.274 e. The molecule has 2 aromatic rings. The Morgan fingerprint density at radius 1 is 1.20 bits per heavy atom. The topological polar surface area (TPSA) is 64.2 Å². The summed E-state index contributed by atoms with van der Waals surface area (Å²) >= 11 is 0. The second kappa shape index (κ2) is 6.59. The average Bonchev–Trinajstić information content (AvgIpc) is 3.05. The van der Waals surface area contributed by atoms with Crippen LogP contribution in [0, 0.1) is 5.82 Å². The number of halogens is 1. The van der Waals surface area contributed by atoms with Gasteiger partial charge in [-0.05, 0) is 36.8 Å². The standard InChI is InChI=1S/C19H23FN4O/c20-16-4-2-1-3-15(16)13-7-9-23(10-8-13)19(25)17-12-24-11-14(21)5-6-18(24)22-17/h1-4,12-14H,5-11,21H2. The lowest BCUT2D eigenvalue weighted by Crippen LogP contribution is -2.38. The molecular weight excluding hydrogens is 319 g/mol. The summed E-state index contributed by atoms with van der Waals surface area (Å²) in [5.74, 6) is 0.956. The van der Waals surface area contributed by atoms with Gasteiger partial charge in [0.25, 0.3) is 5.91 Å². The predicted molar refractivity (Wildman–Crippen MR) is 92.8 cm³/mol. The number of nitrogens with zero attached hydrogens (tertiary/aromatic N) is 3. The zero-order chi connectivity index (χ0) is 17.4. The molecule has 2 aliphatic heterocycles. The molecule has 2 aliphatic rings. The van der Waals surface area contributed by atoms with Crippen LogP contribution in [0.5, 0.6) is 0 Å². The van der Waals surface area contributed by atoms with E-state index in [0.29, 0.717) is 18.8 Å². The molecule has 1 fully saturated rings. The van der Waals surface area contributed by atoms with Crippen molar-refractivity contribution < 1.29 is 9.18 Å². The Morgan fingerprint density at radius 2 is 1.96 bits per heavy atom. The molecule has 0 saturated carbocycles. The van der Waals surface area contributed by atoms with Crippen molar-refractivity contribution >= 4 is 5.91 Å². The second-order valence-corrected chi connectivity index (χ2v) is 7.08. The lowest BCUT2D eigenvalue weighted by molar-refractivity contribution is 0.0706. The van der Waals surface area contributed by atoms with Crippen molar-refractivity contribution in [3.63, 3.8) is 0 Å². The number of likely N-dealkylation sites (tertiary alicyclic amines) is 1. The molecule has 5 nitrogen and oxygen atoms in total. The van der Waals surface area contributed by atoms with Gasteiger partial charge in [0.1, 0.15) is 17.3 Å². The molecule has 0 bridgehead atoms. The molecule has 0 spiro atoms. The molecule has 2 N–H and O–H groups in total. The van der Waals surface area contributed by atoms with Gasteiger partial charge in [-0.2, -0.15) is 0 Å². The molecule has 132 valence electrons. The Bertz CT molecular complexity index is 779. The highest BCUT2D eigenvalue weighted by atomic mass is 19.1. The van der Waals surface area contributed by atoms with Gasteiger partial charge in [-0.1, -0.05) is 18.2 Å². The Balaban J connectivity index is 1.43. The van der Waals surface area contributed by atoms with Gasteiger partial charge in [-0.3, -0.25) is 4.79 Å². The molecule has 1 aromatic heterocycles. The summed E-state index contributed by atoms with van der Waals surface area (Å²) < 4.78 is 16.0. The molecule has 0 radical (unpaired) electrons. The van der Waals surface area contributed by atoms with Crippen LogP contribution in [0.1, 0.15) is 47.1 Å². The summed E-state index contributed by atoms with van der Waals surface area (Å²) in [5, 5.41) is 0. The molecule has 1 aromatic carbocycles. The highest BCUT2D eigenvalue weighted by molar-refractivity contribution is 5.92. The Labute approximate surface area is 146 Å². The zero-order valence-electron chi connectivity index (χ0n) is 14.2. The van der Waals surface area contributed by atoms with E-state index < -0.39 is 0 Å². The molecule has 3 heterocycles. The number of amides is 1. The van der Waals surface area contributed by atoms with E-state index >= 15 is 0 Å². The van der Waals surface area contributed by atoms with E-state index in [4.69, 9.17) is 5.73 Å². The molecule has 1 saturated heterocycles. The van der Waals surface area contributed by atoms with E-state index in [-0.39, 0.29) is 23.7 Å². The van der Waals surface area contributed by atoms with E-state index in [1.165, 1.54) is 6.07 Å². The zero-order valence-corrected chi connectivity index (χ0v) is 14.2. The monoisotopic (exact) mass is 342 g/mol. The fourth-order valence-electron chi connectivity index (χ4n) is 3.94. The molecule has 0 aliphatic carbocycles. The number of aryl methyl sites for hydroxylation is 1.